The number of hydrogen-bond donors (Lipinski definition) is 2. The highest BCUT2D eigenvalue weighted by molar-refractivity contribution is 6.05. The summed E-state index contributed by atoms with van der Waals surface area (Å²) in [4.78, 5) is 15.3. The SMILES string of the molecule is Cc1cccc(NC(=O)c2cc3ccccc3[nH]2)c1. The van der Waals surface area contributed by atoms with Crippen molar-refractivity contribution in [2.75, 3.05) is 5.32 Å². The molecule has 3 rings (SSSR count). The number of rotatable bonds is 2. The molecule has 0 saturated heterocycles. The van der Waals surface area contributed by atoms with Crippen LogP contribution in [-0.2, 0) is 0 Å². The molecule has 3 nitrogen and oxygen atoms in total. The van der Waals surface area contributed by atoms with Crippen LogP contribution in [0, 0.1) is 6.92 Å². The monoisotopic (exact) mass is 250 g/mol. The molecule has 0 spiro atoms. The average Bonchev–Trinajstić information content (AvgIpc) is 2.82. The molecule has 0 radical (unpaired) electrons. The quantitative estimate of drug-likeness (QED) is 0.715. The summed E-state index contributed by atoms with van der Waals surface area (Å²) >= 11 is 0. The third-order valence-electron chi connectivity index (χ3n) is 3.05. The number of anilines is 1. The molecule has 94 valence electrons. The van der Waals surface area contributed by atoms with Crippen molar-refractivity contribution >= 4 is 22.5 Å². The van der Waals surface area contributed by atoms with Crippen LogP contribution in [0.5, 0.6) is 0 Å². The maximum Gasteiger partial charge on any atom is 0.272 e. The van der Waals surface area contributed by atoms with E-state index in [4.69, 9.17) is 0 Å². The Morgan fingerprint density at radius 2 is 1.89 bits per heavy atom. The molecule has 0 aliphatic rings. The number of aromatic amines is 1. The summed E-state index contributed by atoms with van der Waals surface area (Å²) < 4.78 is 0. The molecule has 0 saturated carbocycles. The number of hydrogen-bond acceptors (Lipinski definition) is 1. The van der Waals surface area contributed by atoms with Gasteiger partial charge in [-0.3, -0.25) is 4.79 Å². The van der Waals surface area contributed by atoms with Crippen LogP contribution in [0.4, 0.5) is 5.69 Å². The fraction of sp³-hybridized carbons (Fsp3) is 0.0625. The first-order valence-corrected chi connectivity index (χ1v) is 6.18. The summed E-state index contributed by atoms with van der Waals surface area (Å²) in [5.41, 5.74) is 3.47. The van der Waals surface area contributed by atoms with Gasteiger partial charge in [0.25, 0.3) is 5.91 Å². The molecular weight excluding hydrogens is 236 g/mol. The number of aromatic nitrogens is 1. The van der Waals surface area contributed by atoms with Crippen molar-refractivity contribution in [3.63, 3.8) is 0 Å². The van der Waals surface area contributed by atoms with Crippen LogP contribution in [0.15, 0.2) is 54.6 Å². The standard InChI is InChI=1S/C16H14N2O/c1-11-5-4-7-13(9-11)17-16(19)15-10-12-6-2-3-8-14(12)18-15/h2-10,18H,1H3,(H,17,19). The first kappa shape index (κ1) is 11.5. The van der Waals surface area contributed by atoms with Crippen molar-refractivity contribution in [1.29, 1.82) is 0 Å². The second-order valence-electron chi connectivity index (χ2n) is 4.59. The normalized spacial score (nSPS) is 10.6. The smallest absolute Gasteiger partial charge is 0.272 e. The Kier molecular flexibility index (Phi) is 2.80. The molecule has 1 aromatic heterocycles. The van der Waals surface area contributed by atoms with Gasteiger partial charge in [-0.2, -0.15) is 0 Å². The van der Waals surface area contributed by atoms with Crippen LogP contribution in [0.3, 0.4) is 0 Å². The van der Waals surface area contributed by atoms with Crippen molar-refractivity contribution < 1.29 is 4.79 Å². The van der Waals surface area contributed by atoms with Gasteiger partial charge in [-0.05, 0) is 36.8 Å². The van der Waals surface area contributed by atoms with E-state index in [1.165, 1.54) is 0 Å². The molecule has 0 aliphatic carbocycles. The van der Waals surface area contributed by atoms with Crippen molar-refractivity contribution in [3.05, 3.63) is 65.9 Å². The fourth-order valence-electron chi connectivity index (χ4n) is 2.12. The van der Waals surface area contributed by atoms with Gasteiger partial charge < -0.3 is 10.3 Å². The molecule has 0 fully saturated rings. The first-order valence-electron chi connectivity index (χ1n) is 6.18. The molecule has 3 heteroatoms. The highest BCUT2D eigenvalue weighted by Gasteiger charge is 2.09. The maximum atomic E-state index is 12.2. The summed E-state index contributed by atoms with van der Waals surface area (Å²) in [5, 5.41) is 3.93. The molecule has 19 heavy (non-hydrogen) atoms. The van der Waals surface area contributed by atoms with Crippen LogP contribution in [0.1, 0.15) is 16.1 Å². The van der Waals surface area contributed by atoms with E-state index in [9.17, 15) is 4.79 Å². The van der Waals surface area contributed by atoms with Crippen molar-refractivity contribution in [2.45, 2.75) is 6.92 Å². The topological polar surface area (TPSA) is 44.9 Å². The predicted octanol–water partition coefficient (Wildman–Crippen LogP) is 3.73. The van der Waals surface area contributed by atoms with Gasteiger partial charge in [-0.25, -0.2) is 0 Å². The van der Waals surface area contributed by atoms with Crippen LogP contribution < -0.4 is 5.32 Å². The Morgan fingerprint density at radius 3 is 2.68 bits per heavy atom. The molecule has 0 unspecified atom stereocenters. The maximum absolute atomic E-state index is 12.2. The summed E-state index contributed by atoms with van der Waals surface area (Å²) in [7, 11) is 0. The number of H-pyrrole nitrogens is 1. The second kappa shape index (κ2) is 4.61. The number of para-hydroxylation sites is 1. The van der Waals surface area contributed by atoms with Gasteiger partial charge in [0, 0.05) is 16.6 Å². The van der Waals surface area contributed by atoms with Crippen molar-refractivity contribution in [1.82, 2.24) is 4.98 Å². The number of nitrogens with one attached hydrogen (secondary N) is 2. The van der Waals surface area contributed by atoms with Gasteiger partial charge in [0.1, 0.15) is 5.69 Å². The minimum absolute atomic E-state index is 0.123. The highest BCUT2D eigenvalue weighted by Crippen LogP contribution is 2.16. The third kappa shape index (κ3) is 2.36. The Bertz CT molecular complexity index is 710. The number of fused-ring (bicyclic) bond motifs is 1. The largest absolute Gasteiger partial charge is 0.351 e. The summed E-state index contributed by atoms with van der Waals surface area (Å²) in [5.74, 6) is -0.123. The summed E-state index contributed by atoms with van der Waals surface area (Å²) in [6.45, 7) is 2.00. The lowest BCUT2D eigenvalue weighted by Crippen LogP contribution is -2.12. The molecule has 1 amide bonds. The molecule has 2 aromatic carbocycles. The van der Waals surface area contributed by atoms with E-state index in [1.54, 1.807) is 0 Å². The van der Waals surface area contributed by atoms with E-state index >= 15 is 0 Å². The fourth-order valence-corrected chi connectivity index (χ4v) is 2.12. The molecular formula is C16H14N2O. The van der Waals surface area contributed by atoms with Crippen molar-refractivity contribution in [3.8, 4) is 0 Å². The van der Waals surface area contributed by atoms with Gasteiger partial charge in [-0.15, -0.1) is 0 Å². The Balaban J connectivity index is 1.87. The van der Waals surface area contributed by atoms with E-state index in [-0.39, 0.29) is 5.91 Å². The van der Waals surface area contributed by atoms with Crippen molar-refractivity contribution in [2.24, 2.45) is 0 Å². The highest BCUT2D eigenvalue weighted by atomic mass is 16.1. The lowest BCUT2D eigenvalue weighted by Gasteiger charge is -2.04. The summed E-state index contributed by atoms with van der Waals surface area (Å²) in [6, 6.07) is 17.5. The summed E-state index contributed by atoms with van der Waals surface area (Å²) in [6.07, 6.45) is 0. The van der Waals surface area contributed by atoms with E-state index < -0.39 is 0 Å². The van der Waals surface area contributed by atoms with Crippen LogP contribution >= 0.6 is 0 Å². The lowest BCUT2D eigenvalue weighted by molar-refractivity contribution is 0.102. The zero-order valence-corrected chi connectivity index (χ0v) is 10.6. The van der Waals surface area contributed by atoms with Crippen LogP contribution in [0.2, 0.25) is 0 Å². The zero-order valence-electron chi connectivity index (χ0n) is 10.6. The lowest BCUT2D eigenvalue weighted by atomic mass is 10.2. The van der Waals surface area contributed by atoms with E-state index in [0.717, 1.165) is 22.2 Å². The molecule has 0 atom stereocenters. The Morgan fingerprint density at radius 1 is 1.05 bits per heavy atom. The predicted molar refractivity (Wildman–Crippen MR) is 77.4 cm³/mol. The second-order valence-corrected chi connectivity index (χ2v) is 4.59. The Hall–Kier alpha value is -2.55. The number of amides is 1. The van der Waals surface area contributed by atoms with Crippen LogP contribution in [0.25, 0.3) is 10.9 Å². The van der Waals surface area contributed by atoms with E-state index in [0.29, 0.717) is 5.69 Å². The van der Waals surface area contributed by atoms with Gasteiger partial charge >= 0.3 is 0 Å². The van der Waals surface area contributed by atoms with E-state index in [1.807, 2.05) is 61.5 Å². The van der Waals surface area contributed by atoms with Gasteiger partial charge in [0.05, 0.1) is 0 Å². The average molecular weight is 250 g/mol. The minimum atomic E-state index is -0.123. The van der Waals surface area contributed by atoms with Crippen LogP contribution in [-0.4, -0.2) is 10.9 Å². The first-order chi connectivity index (χ1) is 9.22. The zero-order chi connectivity index (χ0) is 13.2. The minimum Gasteiger partial charge on any atom is -0.351 e. The third-order valence-corrected chi connectivity index (χ3v) is 3.05. The van der Waals surface area contributed by atoms with Gasteiger partial charge in [-0.1, -0.05) is 30.3 Å². The number of aryl methyl sites for hydroxylation is 1. The number of benzene rings is 2. The Labute approximate surface area is 111 Å². The molecule has 0 aliphatic heterocycles. The molecule has 0 bridgehead atoms. The van der Waals surface area contributed by atoms with Gasteiger partial charge in [0.2, 0.25) is 0 Å². The van der Waals surface area contributed by atoms with E-state index in [2.05, 4.69) is 10.3 Å². The van der Waals surface area contributed by atoms with Gasteiger partial charge in [0.15, 0.2) is 0 Å². The number of carbonyl (C=O) groups excluding carboxylic acids is 1. The molecule has 2 N–H and O–H groups in total. The number of carbonyl (C=O) groups is 1. The molecule has 1 heterocycles. The molecule has 3 aromatic rings.